The second kappa shape index (κ2) is 6.49. The average Bonchev–Trinajstić information content (AvgIpc) is 2.46. The minimum absolute atomic E-state index is 0.125. The van der Waals surface area contributed by atoms with Crippen LogP contribution in [0.5, 0.6) is 0 Å². The van der Waals surface area contributed by atoms with Crippen LogP contribution in [0.15, 0.2) is 48.5 Å². The van der Waals surface area contributed by atoms with Gasteiger partial charge in [0.2, 0.25) is 0 Å². The Morgan fingerprint density at radius 3 is 2.00 bits per heavy atom. The molecule has 2 nitrogen and oxygen atoms in total. The van der Waals surface area contributed by atoms with Gasteiger partial charge < -0.3 is 5.43 Å². The standard InChI is InChI=1S/C15H12F6N2/c16-14(17,18)11-7-6-10(13(8-11)15(19,20)21)9-22-23-12-4-2-1-3-5-12/h1-8,22-23H,9H2. The largest absolute Gasteiger partial charge is 0.416 e. The quantitative estimate of drug-likeness (QED) is 0.617. The van der Waals surface area contributed by atoms with E-state index in [1.54, 1.807) is 30.3 Å². The molecule has 0 heterocycles. The highest BCUT2D eigenvalue weighted by Gasteiger charge is 2.37. The summed E-state index contributed by atoms with van der Waals surface area (Å²) in [4.78, 5) is 0. The third-order valence-electron chi connectivity index (χ3n) is 3.03. The number of rotatable bonds is 4. The molecule has 0 radical (unpaired) electrons. The number of para-hydroxylation sites is 1. The Labute approximate surface area is 128 Å². The summed E-state index contributed by atoms with van der Waals surface area (Å²) in [6.07, 6.45) is -9.70. The van der Waals surface area contributed by atoms with Gasteiger partial charge in [-0.25, -0.2) is 5.43 Å². The molecule has 124 valence electrons. The topological polar surface area (TPSA) is 24.1 Å². The highest BCUT2D eigenvalue weighted by molar-refractivity contribution is 5.41. The van der Waals surface area contributed by atoms with Gasteiger partial charge in [0.25, 0.3) is 0 Å². The Morgan fingerprint density at radius 1 is 0.783 bits per heavy atom. The third kappa shape index (κ3) is 4.62. The number of alkyl halides is 6. The third-order valence-corrected chi connectivity index (χ3v) is 3.03. The molecule has 0 amide bonds. The first-order chi connectivity index (χ1) is 10.7. The average molecular weight is 334 g/mol. The first-order valence-corrected chi connectivity index (χ1v) is 6.49. The predicted octanol–water partition coefficient (Wildman–Crippen LogP) is 4.84. The zero-order valence-corrected chi connectivity index (χ0v) is 11.6. The van der Waals surface area contributed by atoms with Crippen molar-refractivity contribution < 1.29 is 26.3 Å². The summed E-state index contributed by atoms with van der Waals surface area (Å²) in [5.41, 5.74) is 2.93. The number of hydrogen-bond donors (Lipinski definition) is 2. The molecule has 8 heteroatoms. The lowest BCUT2D eigenvalue weighted by Gasteiger charge is -2.17. The van der Waals surface area contributed by atoms with Crippen LogP contribution in [0.1, 0.15) is 16.7 Å². The lowest BCUT2D eigenvalue weighted by Crippen LogP contribution is -2.23. The van der Waals surface area contributed by atoms with Crippen LogP contribution in [0.4, 0.5) is 32.0 Å². The molecule has 0 saturated heterocycles. The van der Waals surface area contributed by atoms with Crippen molar-refractivity contribution in [2.45, 2.75) is 18.9 Å². The fraction of sp³-hybridized carbons (Fsp3) is 0.200. The molecule has 2 aromatic carbocycles. The second-order valence-corrected chi connectivity index (χ2v) is 4.71. The van der Waals surface area contributed by atoms with E-state index in [4.69, 9.17) is 0 Å². The maximum atomic E-state index is 13.0. The minimum Gasteiger partial charge on any atom is -0.321 e. The van der Waals surface area contributed by atoms with Crippen LogP contribution >= 0.6 is 0 Å². The van der Waals surface area contributed by atoms with Gasteiger partial charge in [0.1, 0.15) is 0 Å². The van der Waals surface area contributed by atoms with E-state index in [1.165, 1.54) is 0 Å². The van der Waals surface area contributed by atoms with Crippen LogP contribution in [0.3, 0.4) is 0 Å². The first kappa shape index (κ1) is 17.1. The Balaban J connectivity index is 2.17. The van der Waals surface area contributed by atoms with E-state index in [2.05, 4.69) is 10.9 Å². The molecule has 23 heavy (non-hydrogen) atoms. The highest BCUT2D eigenvalue weighted by Crippen LogP contribution is 2.37. The van der Waals surface area contributed by atoms with Gasteiger partial charge >= 0.3 is 12.4 Å². The zero-order valence-electron chi connectivity index (χ0n) is 11.6. The Morgan fingerprint density at radius 2 is 1.43 bits per heavy atom. The van der Waals surface area contributed by atoms with E-state index in [0.29, 0.717) is 11.8 Å². The van der Waals surface area contributed by atoms with Crippen molar-refractivity contribution >= 4 is 5.69 Å². The Kier molecular flexibility index (Phi) is 4.84. The van der Waals surface area contributed by atoms with E-state index < -0.39 is 23.5 Å². The van der Waals surface area contributed by atoms with Crippen molar-refractivity contribution in [3.8, 4) is 0 Å². The van der Waals surface area contributed by atoms with Gasteiger partial charge in [0.15, 0.2) is 0 Å². The summed E-state index contributed by atoms with van der Waals surface area (Å²) in [6, 6.07) is 10.2. The second-order valence-electron chi connectivity index (χ2n) is 4.71. The molecule has 0 aliphatic carbocycles. The molecule has 0 unspecified atom stereocenters. The van der Waals surface area contributed by atoms with Gasteiger partial charge in [-0.1, -0.05) is 24.3 Å². The zero-order chi connectivity index (χ0) is 17.1. The molecule has 0 atom stereocenters. The highest BCUT2D eigenvalue weighted by atomic mass is 19.4. The van der Waals surface area contributed by atoms with E-state index in [0.717, 1.165) is 6.07 Å². The van der Waals surface area contributed by atoms with Crippen molar-refractivity contribution in [3.63, 3.8) is 0 Å². The summed E-state index contributed by atoms with van der Waals surface area (Å²) < 4.78 is 76.6. The molecule has 0 saturated carbocycles. The molecule has 0 aliphatic heterocycles. The molecular weight excluding hydrogens is 322 g/mol. The van der Waals surface area contributed by atoms with Crippen LogP contribution in [-0.2, 0) is 18.9 Å². The van der Waals surface area contributed by atoms with Gasteiger partial charge in [-0.15, -0.1) is 0 Å². The maximum Gasteiger partial charge on any atom is 0.416 e. The van der Waals surface area contributed by atoms with Crippen LogP contribution in [0.2, 0.25) is 0 Å². The molecule has 0 aromatic heterocycles. The fourth-order valence-electron chi connectivity index (χ4n) is 1.93. The van der Waals surface area contributed by atoms with Gasteiger partial charge in [-0.3, -0.25) is 0 Å². The minimum atomic E-state index is -4.87. The Bertz CT molecular complexity index is 649. The molecule has 2 rings (SSSR count). The van der Waals surface area contributed by atoms with Crippen LogP contribution in [0.25, 0.3) is 0 Å². The van der Waals surface area contributed by atoms with Crippen LogP contribution < -0.4 is 10.9 Å². The van der Waals surface area contributed by atoms with Crippen molar-refractivity contribution in [2.24, 2.45) is 0 Å². The molecule has 0 bridgehead atoms. The van der Waals surface area contributed by atoms with Gasteiger partial charge in [0.05, 0.1) is 11.1 Å². The number of benzene rings is 2. The van der Waals surface area contributed by atoms with Crippen LogP contribution in [0, 0.1) is 0 Å². The van der Waals surface area contributed by atoms with Crippen molar-refractivity contribution in [1.29, 1.82) is 0 Å². The monoisotopic (exact) mass is 334 g/mol. The molecule has 0 spiro atoms. The van der Waals surface area contributed by atoms with Crippen LogP contribution in [-0.4, -0.2) is 0 Å². The molecule has 0 fully saturated rings. The first-order valence-electron chi connectivity index (χ1n) is 6.49. The van der Waals surface area contributed by atoms with Crippen molar-refractivity contribution in [2.75, 3.05) is 5.43 Å². The Hall–Kier alpha value is -2.22. The lowest BCUT2D eigenvalue weighted by atomic mass is 10.0. The van der Waals surface area contributed by atoms with E-state index >= 15 is 0 Å². The molecular formula is C15H12F6N2. The van der Waals surface area contributed by atoms with Gasteiger partial charge in [-0.05, 0) is 29.8 Å². The summed E-state index contributed by atoms with van der Waals surface area (Å²) in [5, 5.41) is 0. The lowest BCUT2D eigenvalue weighted by molar-refractivity contribution is -0.143. The van der Waals surface area contributed by atoms with Gasteiger partial charge in [0, 0.05) is 12.2 Å². The molecule has 2 aromatic rings. The number of anilines is 1. The summed E-state index contributed by atoms with van der Waals surface area (Å²) in [7, 11) is 0. The van der Waals surface area contributed by atoms with E-state index in [-0.39, 0.29) is 18.2 Å². The van der Waals surface area contributed by atoms with Crippen molar-refractivity contribution in [3.05, 3.63) is 65.2 Å². The SMILES string of the molecule is FC(F)(F)c1ccc(CNNc2ccccc2)c(C(F)(F)F)c1. The smallest absolute Gasteiger partial charge is 0.321 e. The summed E-state index contributed by atoms with van der Waals surface area (Å²) in [5.74, 6) is 0. The maximum absolute atomic E-state index is 13.0. The number of hydrazine groups is 1. The molecule has 2 N–H and O–H groups in total. The fourth-order valence-corrected chi connectivity index (χ4v) is 1.93. The van der Waals surface area contributed by atoms with Crippen molar-refractivity contribution in [1.82, 2.24) is 5.43 Å². The normalized spacial score (nSPS) is 12.3. The summed E-state index contributed by atoms with van der Waals surface area (Å²) in [6.45, 7) is -0.290. The van der Waals surface area contributed by atoms with Gasteiger partial charge in [-0.2, -0.15) is 26.3 Å². The summed E-state index contributed by atoms with van der Waals surface area (Å²) >= 11 is 0. The van der Waals surface area contributed by atoms with E-state index in [1.807, 2.05) is 0 Å². The predicted molar refractivity (Wildman–Crippen MR) is 73.4 cm³/mol. The number of hydrogen-bond acceptors (Lipinski definition) is 2. The number of nitrogens with one attached hydrogen (secondary N) is 2. The number of halogens is 6. The van der Waals surface area contributed by atoms with E-state index in [9.17, 15) is 26.3 Å². The molecule has 0 aliphatic rings.